The topological polar surface area (TPSA) is 75.1 Å². The largest absolute Gasteiger partial charge is 0.504 e. The van der Waals surface area contributed by atoms with Gasteiger partial charge < -0.3 is 25.2 Å². The van der Waals surface area contributed by atoms with E-state index in [1.807, 2.05) is 37.3 Å². The monoisotopic (exact) mass is 383 g/mol. The number of methoxy groups -OCH3 is 1. The molecule has 0 radical (unpaired) electrons. The summed E-state index contributed by atoms with van der Waals surface area (Å²) in [5.41, 5.74) is 1.56. The highest BCUT2D eigenvalue weighted by molar-refractivity contribution is 5.80. The average molecular weight is 383 g/mol. The SMILES string of the molecule is CCNC(=NCc1cccc(OC)c1O)NC1CC(C)(C)Oc2ccccc21. The highest BCUT2D eigenvalue weighted by Crippen LogP contribution is 2.39. The van der Waals surface area contributed by atoms with E-state index in [1.54, 1.807) is 6.07 Å². The molecule has 3 rings (SSSR count). The standard InChI is InChI=1S/C22H29N3O3/c1-5-23-21(24-14-15-9-8-12-19(27-4)20(15)26)25-17-13-22(2,3)28-18-11-7-6-10-16(17)18/h6-12,17,26H,5,13-14H2,1-4H3,(H2,23,24,25). The van der Waals surface area contributed by atoms with Crippen LogP contribution in [0.1, 0.15) is 44.4 Å². The Hall–Kier alpha value is -2.89. The molecular weight excluding hydrogens is 354 g/mol. The zero-order chi connectivity index (χ0) is 20.1. The van der Waals surface area contributed by atoms with Crippen molar-refractivity contribution < 1.29 is 14.6 Å². The first-order valence-corrected chi connectivity index (χ1v) is 9.61. The van der Waals surface area contributed by atoms with Gasteiger partial charge in [0.05, 0.1) is 19.7 Å². The summed E-state index contributed by atoms with van der Waals surface area (Å²) in [5, 5.41) is 17.1. The Morgan fingerprint density at radius 3 is 2.79 bits per heavy atom. The van der Waals surface area contributed by atoms with Crippen molar-refractivity contribution in [3.05, 3.63) is 53.6 Å². The maximum atomic E-state index is 10.3. The molecule has 0 saturated carbocycles. The molecule has 1 aliphatic heterocycles. The number of nitrogens with one attached hydrogen (secondary N) is 2. The quantitative estimate of drug-likeness (QED) is 0.541. The molecule has 0 spiro atoms. The van der Waals surface area contributed by atoms with Gasteiger partial charge >= 0.3 is 0 Å². The number of aromatic hydroxyl groups is 1. The number of benzene rings is 2. The lowest BCUT2D eigenvalue weighted by Gasteiger charge is -2.38. The summed E-state index contributed by atoms with van der Waals surface area (Å²) in [5.74, 6) is 2.17. The molecule has 0 amide bonds. The van der Waals surface area contributed by atoms with E-state index in [9.17, 15) is 5.11 Å². The van der Waals surface area contributed by atoms with Crippen LogP contribution in [0.4, 0.5) is 0 Å². The van der Waals surface area contributed by atoms with Crippen LogP contribution in [0.15, 0.2) is 47.5 Å². The number of para-hydroxylation sites is 2. The average Bonchev–Trinajstić information content (AvgIpc) is 2.66. The molecule has 2 aromatic carbocycles. The van der Waals surface area contributed by atoms with Crippen LogP contribution in [0, 0.1) is 0 Å². The lowest BCUT2D eigenvalue weighted by molar-refractivity contribution is 0.0694. The highest BCUT2D eigenvalue weighted by atomic mass is 16.5. The second-order valence-corrected chi connectivity index (χ2v) is 7.46. The molecule has 1 heterocycles. The van der Waals surface area contributed by atoms with Crippen LogP contribution in [0.5, 0.6) is 17.2 Å². The minimum absolute atomic E-state index is 0.0802. The lowest BCUT2D eigenvalue weighted by atomic mass is 9.90. The number of nitrogens with zero attached hydrogens (tertiary/aromatic N) is 1. The predicted molar refractivity (Wildman–Crippen MR) is 111 cm³/mol. The number of fused-ring (bicyclic) bond motifs is 1. The molecule has 3 N–H and O–H groups in total. The van der Waals surface area contributed by atoms with Crippen LogP contribution in [0.3, 0.4) is 0 Å². The Morgan fingerprint density at radius 1 is 1.25 bits per heavy atom. The third-order valence-corrected chi connectivity index (χ3v) is 4.74. The minimum atomic E-state index is -0.269. The Labute approximate surface area is 166 Å². The van der Waals surface area contributed by atoms with E-state index < -0.39 is 0 Å². The van der Waals surface area contributed by atoms with Crippen LogP contribution in [0.2, 0.25) is 0 Å². The predicted octanol–water partition coefficient (Wildman–Crippen LogP) is 3.76. The Bertz CT molecular complexity index is 849. The fourth-order valence-corrected chi connectivity index (χ4v) is 3.44. The molecule has 2 aromatic rings. The summed E-state index contributed by atoms with van der Waals surface area (Å²) in [6.45, 7) is 7.30. The first-order chi connectivity index (χ1) is 13.4. The summed E-state index contributed by atoms with van der Waals surface area (Å²) in [6.07, 6.45) is 0.818. The van der Waals surface area contributed by atoms with E-state index in [2.05, 4.69) is 35.5 Å². The molecule has 0 saturated heterocycles. The normalized spacial score (nSPS) is 18.0. The van der Waals surface area contributed by atoms with Crippen molar-refractivity contribution >= 4 is 5.96 Å². The van der Waals surface area contributed by atoms with Crippen LogP contribution >= 0.6 is 0 Å². The van der Waals surface area contributed by atoms with Gasteiger partial charge in [0, 0.05) is 24.1 Å². The van der Waals surface area contributed by atoms with Gasteiger partial charge in [-0.15, -0.1) is 0 Å². The van der Waals surface area contributed by atoms with Crippen LogP contribution in [-0.2, 0) is 6.54 Å². The summed E-state index contributed by atoms with van der Waals surface area (Å²) < 4.78 is 11.3. The van der Waals surface area contributed by atoms with E-state index in [4.69, 9.17) is 9.47 Å². The molecule has 28 heavy (non-hydrogen) atoms. The summed E-state index contributed by atoms with van der Waals surface area (Å²) in [7, 11) is 1.54. The Balaban J connectivity index is 1.82. The number of phenolic OH excluding ortho intramolecular Hbond substituents is 1. The van der Waals surface area contributed by atoms with Crippen LogP contribution in [-0.4, -0.2) is 30.3 Å². The van der Waals surface area contributed by atoms with Crippen LogP contribution < -0.4 is 20.1 Å². The van der Waals surface area contributed by atoms with Crippen molar-refractivity contribution in [2.75, 3.05) is 13.7 Å². The molecular formula is C22H29N3O3. The van der Waals surface area contributed by atoms with Gasteiger partial charge in [-0.1, -0.05) is 30.3 Å². The fourth-order valence-electron chi connectivity index (χ4n) is 3.44. The lowest BCUT2D eigenvalue weighted by Crippen LogP contribution is -2.45. The molecule has 0 bridgehead atoms. The second kappa shape index (κ2) is 8.42. The second-order valence-electron chi connectivity index (χ2n) is 7.46. The van der Waals surface area contributed by atoms with Gasteiger partial charge in [-0.05, 0) is 32.9 Å². The fraction of sp³-hybridized carbons (Fsp3) is 0.409. The zero-order valence-corrected chi connectivity index (χ0v) is 17.0. The molecule has 150 valence electrons. The zero-order valence-electron chi connectivity index (χ0n) is 17.0. The third kappa shape index (κ3) is 4.50. The first-order valence-electron chi connectivity index (χ1n) is 9.61. The van der Waals surface area contributed by atoms with E-state index in [0.29, 0.717) is 23.8 Å². The number of guanidine groups is 1. The molecule has 1 atom stereocenters. The number of aliphatic imine (C=N–C) groups is 1. The smallest absolute Gasteiger partial charge is 0.192 e. The number of hydrogen-bond donors (Lipinski definition) is 3. The van der Waals surface area contributed by atoms with Gasteiger partial charge in [0.1, 0.15) is 11.4 Å². The van der Waals surface area contributed by atoms with Crippen molar-refractivity contribution in [2.24, 2.45) is 4.99 Å². The summed E-state index contributed by atoms with van der Waals surface area (Å²) in [6, 6.07) is 13.6. The molecule has 0 aromatic heterocycles. The Kier molecular flexibility index (Phi) is 5.97. The van der Waals surface area contributed by atoms with Crippen molar-refractivity contribution in [2.45, 2.75) is 45.4 Å². The maximum absolute atomic E-state index is 10.3. The van der Waals surface area contributed by atoms with Crippen molar-refractivity contribution in [3.8, 4) is 17.2 Å². The maximum Gasteiger partial charge on any atom is 0.192 e. The summed E-state index contributed by atoms with van der Waals surface area (Å²) in [4.78, 5) is 4.67. The summed E-state index contributed by atoms with van der Waals surface area (Å²) >= 11 is 0. The van der Waals surface area contributed by atoms with Gasteiger partial charge in [0.25, 0.3) is 0 Å². The molecule has 1 unspecified atom stereocenters. The molecule has 6 nitrogen and oxygen atoms in total. The number of hydrogen-bond acceptors (Lipinski definition) is 4. The van der Waals surface area contributed by atoms with E-state index in [0.717, 1.165) is 24.3 Å². The first kappa shape index (κ1) is 19.9. The Morgan fingerprint density at radius 2 is 2.04 bits per heavy atom. The minimum Gasteiger partial charge on any atom is -0.504 e. The van der Waals surface area contributed by atoms with Gasteiger partial charge in [0.2, 0.25) is 0 Å². The number of ether oxygens (including phenoxy) is 2. The molecule has 1 aliphatic rings. The van der Waals surface area contributed by atoms with Crippen molar-refractivity contribution in [3.63, 3.8) is 0 Å². The molecule has 0 fully saturated rings. The van der Waals surface area contributed by atoms with E-state index in [-0.39, 0.29) is 17.4 Å². The third-order valence-electron chi connectivity index (χ3n) is 4.74. The van der Waals surface area contributed by atoms with Crippen molar-refractivity contribution in [1.29, 1.82) is 0 Å². The van der Waals surface area contributed by atoms with Gasteiger partial charge in [-0.2, -0.15) is 0 Å². The van der Waals surface area contributed by atoms with Crippen LogP contribution in [0.25, 0.3) is 0 Å². The van der Waals surface area contributed by atoms with Gasteiger partial charge in [-0.3, -0.25) is 0 Å². The number of rotatable bonds is 5. The van der Waals surface area contributed by atoms with Crippen molar-refractivity contribution in [1.82, 2.24) is 10.6 Å². The molecule has 0 aliphatic carbocycles. The highest BCUT2D eigenvalue weighted by Gasteiger charge is 2.33. The molecule has 6 heteroatoms. The number of phenols is 1. The van der Waals surface area contributed by atoms with Gasteiger partial charge in [0.15, 0.2) is 17.5 Å². The van der Waals surface area contributed by atoms with Gasteiger partial charge in [-0.25, -0.2) is 4.99 Å². The van der Waals surface area contributed by atoms with E-state index in [1.165, 1.54) is 7.11 Å². The van der Waals surface area contributed by atoms with E-state index >= 15 is 0 Å².